The summed E-state index contributed by atoms with van der Waals surface area (Å²) in [4.78, 5) is 0. The van der Waals surface area contributed by atoms with Crippen LogP contribution in [-0.2, 0) is 5.41 Å². The van der Waals surface area contributed by atoms with Crippen molar-refractivity contribution in [3.8, 4) is 0 Å². The van der Waals surface area contributed by atoms with E-state index in [1.54, 1.807) is 0 Å². The maximum atomic E-state index is 10.8. The van der Waals surface area contributed by atoms with Gasteiger partial charge in [0.15, 0.2) is 0 Å². The maximum Gasteiger partial charge on any atom is 0.0657 e. The lowest BCUT2D eigenvalue weighted by atomic mass is 9.52. The smallest absolute Gasteiger partial charge is 0.0657 e. The van der Waals surface area contributed by atoms with Gasteiger partial charge >= 0.3 is 0 Å². The monoisotopic (exact) mass is 327 g/mol. The van der Waals surface area contributed by atoms with Gasteiger partial charge < -0.3 is 10.4 Å². The molecule has 3 atom stereocenters. The first kappa shape index (κ1) is 16.6. The molecule has 4 aliphatic carbocycles. The zero-order valence-corrected chi connectivity index (χ0v) is 15.7. The van der Waals surface area contributed by atoms with Gasteiger partial charge in [0.25, 0.3) is 0 Å². The number of nitrogens with one attached hydrogen (secondary N) is 1. The van der Waals surface area contributed by atoms with E-state index in [0.717, 1.165) is 25.2 Å². The average molecular weight is 328 g/mol. The van der Waals surface area contributed by atoms with E-state index in [0.29, 0.717) is 23.9 Å². The molecule has 132 valence electrons. The molecule has 0 saturated heterocycles. The van der Waals surface area contributed by atoms with Crippen LogP contribution in [0.4, 0.5) is 0 Å². The Morgan fingerprint density at radius 2 is 1.83 bits per heavy atom. The van der Waals surface area contributed by atoms with Crippen LogP contribution in [0.15, 0.2) is 24.3 Å². The van der Waals surface area contributed by atoms with E-state index >= 15 is 0 Å². The molecule has 0 spiro atoms. The Morgan fingerprint density at radius 3 is 2.42 bits per heavy atom. The summed E-state index contributed by atoms with van der Waals surface area (Å²) in [6.45, 7) is 9.25. The molecule has 2 nitrogen and oxygen atoms in total. The average Bonchev–Trinajstić information content (AvgIpc) is 2.49. The summed E-state index contributed by atoms with van der Waals surface area (Å²) >= 11 is 0. The molecule has 3 unspecified atom stereocenters. The third-order valence-corrected chi connectivity index (χ3v) is 7.53. The van der Waals surface area contributed by atoms with Crippen molar-refractivity contribution in [3.63, 3.8) is 0 Å². The second kappa shape index (κ2) is 5.57. The van der Waals surface area contributed by atoms with Crippen molar-refractivity contribution in [3.05, 3.63) is 35.4 Å². The van der Waals surface area contributed by atoms with Crippen molar-refractivity contribution in [2.24, 2.45) is 17.8 Å². The van der Waals surface area contributed by atoms with Crippen molar-refractivity contribution < 1.29 is 5.11 Å². The molecule has 1 aromatic rings. The Bertz CT molecular complexity index is 606. The molecule has 1 aromatic carbocycles. The van der Waals surface area contributed by atoms with Crippen LogP contribution >= 0.6 is 0 Å². The topological polar surface area (TPSA) is 32.3 Å². The Kier molecular flexibility index (Phi) is 3.85. The van der Waals surface area contributed by atoms with Crippen LogP contribution in [0.1, 0.15) is 64.0 Å². The molecule has 4 fully saturated rings. The van der Waals surface area contributed by atoms with Crippen molar-refractivity contribution in [1.82, 2.24) is 5.32 Å². The van der Waals surface area contributed by atoms with E-state index in [2.05, 4.69) is 57.3 Å². The standard InChI is InChI=1S/C22H33NO/c1-14-6-5-7-19(8-14)21(3,4)15(2)23-20-17-9-16-10-18(20)13-22(24,11-16)12-17/h5-8,15-18,20,23-24H,9-13H2,1-4H3/t15?,16?,17?,18?,20-,22-. The van der Waals surface area contributed by atoms with Gasteiger partial charge in [0.2, 0.25) is 0 Å². The molecule has 0 radical (unpaired) electrons. The van der Waals surface area contributed by atoms with E-state index in [1.165, 1.54) is 24.0 Å². The molecule has 4 saturated carbocycles. The minimum atomic E-state index is -0.329. The van der Waals surface area contributed by atoms with Gasteiger partial charge in [-0.2, -0.15) is 0 Å². The van der Waals surface area contributed by atoms with E-state index in [1.807, 2.05) is 0 Å². The number of benzene rings is 1. The predicted molar refractivity (Wildman–Crippen MR) is 99.1 cm³/mol. The third-order valence-electron chi connectivity index (χ3n) is 7.53. The van der Waals surface area contributed by atoms with Crippen LogP contribution < -0.4 is 5.32 Å². The first-order valence-electron chi connectivity index (χ1n) is 9.82. The number of aliphatic hydroxyl groups is 1. The van der Waals surface area contributed by atoms with Crippen molar-refractivity contribution in [2.75, 3.05) is 0 Å². The lowest BCUT2D eigenvalue weighted by Gasteiger charge is -2.59. The van der Waals surface area contributed by atoms with Crippen LogP contribution in [0.25, 0.3) is 0 Å². The van der Waals surface area contributed by atoms with E-state index in [4.69, 9.17) is 0 Å². The molecule has 0 aromatic heterocycles. The van der Waals surface area contributed by atoms with Crippen LogP contribution in [-0.4, -0.2) is 22.8 Å². The van der Waals surface area contributed by atoms with Crippen molar-refractivity contribution in [1.29, 1.82) is 0 Å². The fraction of sp³-hybridized carbons (Fsp3) is 0.727. The van der Waals surface area contributed by atoms with E-state index < -0.39 is 0 Å². The van der Waals surface area contributed by atoms with Crippen LogP contribution in [0.5, 0.6) is 0 Å². The van der Waals surface area contributed by atoms with Crippen molar-refractivity contribution in [2.45, 2.75) is 82.9 Å². The molecule has 0 heterocycles. The Hall–Kier alpha value is -0.860. The molecular formula is C22H33NO. The van der Waals surface area contributed by atoms with Crippen LogP contribution in [0.2, 0.25) is 0 Å². The normalized spacial score (nSPS) is 39.2. The third kappa shape index (κ3) is 2.72. The minimum absolute atomic E-state index is 0.109. The van der Waals surface area contributed by atoms with E-state index in [-0.39, 0.29) is 11.0 Å². The summed E-state index contributed by atoms with van der Waals surface area (Å²) in [7, 11) is 0. The first-order chi connectivity index (χ1) is 11.3. The first-order valence-corrected chi connectivity index (χ1v) is 9.82. The summed E-state index contributed by atoms with van der Waals surface area (Å²) in [5, 5.41) is 14.8. The molecule has 4 aliphatic rings. The van der Waals surface area contributed by atoms with Crippen molar-refractivity contribution >= 4 is 0 Å². The van der Waals surface area contributed by atoms with Gasteiger partial charge in [-0.15, -0.1) is 0 Å². The summed E-state index contributed by atoms with van der Waals surface area (Å²) in [6, 6.07) is 9.98. The zero-order valence-electron chi connectivity index (χ0n) is 15.7. The second-order valence-corrected chi connectivity index (χ2v) is 9.70. The summed E-state index contributed by atoms with van der Waals surface area (Å²) in [6.07, 6.45) is 5.77. The number of aryl methyl sites for hydroxylation is 1. The van der Waals surface area contributed by atoms with Gasteiger partial charge in [-0.3, -0.25) is 0 Å². The predicted octanol–water partition coefficient (Wildman–Crippen LogP) is 4.19. The molecule has 0 aliphatic heterocycles. The number of hydrogen-bond acceptors (Lipinski definition) is 2. The Balaban J connectivity index is 1.51. The fourth-order valence-corrected chi connectivity index (χ4v) is 6.05. The minimum Gasteiger partial charge on any atom is -0.390 e. The quantitative estimate of drug-likeness (QED) is 0.869. The van der Waals surface area contributed by atoms with E-state index in [9.17, 15) is 5.11 Å². The fourth-order valence-electron chi connectivity index (χ4n) is 6.05. The molecule has 2 heteroatoms. The highest BCUT2D eigenvalue weighted by Gasteiger charge is 2.55. The molecule has 4 bridgehead atoms. The number of rotatable bonds is 4. The highest BCUT2D eigenvalue weighted by Crippen LogP contribution is 2.55. The van der Waals surface area contributed by atoms with Crippen LogP contribution in [0.3, 0.4) is 0 Å². The molecule has 5 rings (SSSR count). The largest absolute Gasteiger partial charge is 0.390 e. The highest BCUT2D eigenvalue weighted by atomic mass is 16.3. The molecule has 0 amide bonds. The zero-order chi connectivity index (χ0) is 17.1. The van der Waals surface area contributed by atoms with Gasteiger partial charge in [0, 0.05) is 17.5 Å². The van der Waals surface area contributed by atoms with Crippen LogP contribution in [0, 0.1) is 24.7 Å². The Labute approximate surface area is 147 Å². The lowest BCUT2D eigenvalue weighted by molar-refractivity contribution is -0.140. The summed E-state index contributed by atoms with van der Waals surface area (Å²) in [5.41, 5.74) is 2.54. The Morgan fingerprint density at radius 1 is 1.17 bits per heavy atom. The second-order valence-electron chi connectivity index (χ2n) is 9.70. The summed E-state index contributed by atoms with van der Waals surface area (Å²) in [5.74, 6) is 2.14. The van der Waals surface area contributed by atoms with Gasteiger partial charge in [-0.05, 0) is 69.3 Å². The number of hydrogen-bond donors (Lipinski definition) is 2. The van der Waals surface area contributed by atoms with Gasteiger partial charge in [0.05, 0.1) is 5.60 Å². The van der Waals surface area contributed by atoms with Gasteiger partial charge in [-0.25, -0.2) is 0 Å². The summed E-state index contributed by atoms with van der Waals surface area (Å²) < 4.78 is 0. The highest BCUT2D eigenvalue weighted by molar-refractivity contribution is 5.30. The molecular weight excluding hydrogens is 294 g/mol. The maximum absolute atomic E-state index is 10.8. The van der Waals surface area contributed by atoms with Gasteiger partial charge in [-0.1, -0.05) is 43.7 Å². The molecule has 24 heavy (non-hydrogen) atoms. The van der Waals surface area contributed by atoms with Gasteiger partial charge in [0.1, 0.15) is 0 Å². The molecule has 2 N–H and O–H groups in total. The lowest BCUT2D eigenvalue weighted by Crippen LogP contribution is -2.63. The SMILES string of the molecule is Cc1cccc(C(C)(C)C(C)N[C@H]2C3CC4CC2C[C@](O)(C4)C3)c1.